The van der Waals surface area contributed by atoms with Gasteiger partial charge in [-0.15, -0.1) is 0 Å². The Hall–Kier alpha value is -2.73. The Kier molecular flexibility index (Phi) is 5.86. The number of benzene rings is 2. The van der Waals surface area contributed by atoms with Crippen LogP contribution in [0.1, 0.15) is 23.7 Å². The highest BCUT2D eigenvalue weighted by molar-refractivity contribution is 6.31. The number of nitrogens with one attached hydrogen (secondary N) is 1. The molecule has 0 unspecified atom stereocenters. The number of amides is 2. The van der Waals surface area contributed by atoms with Crippen molar-refractivity contribution in [2.24, 2.45) is 0 Å². The maximum atomic E-state index is 12.6. The van der Waals surface area contributed by atoms with E-state index in [9.17, 15) is 9.59 Å². The smallest absolute Gasteiger partial charge is 0.255 e. The average Bonchev–Trinajstić information content (AvgIpc) is 3.02. The van der Waals surface area contributed by atoms with Crippen LogP contribution in [0.3, 0.4) is 0 Å². The molecule has 2 aromatic rings. The van der Waals surface area contributed by atoms with E-state index in [1.165, 1.54) is 7.11 Å². The van der Waals surface area contributed by atoms with Crippen LogP contribution in [0, 0.1) is 0 Å². The van der Waals surface area contributed by atoms with Crippen LogP contribution < -0.4 is 19.7 Å². The van der Waals surface area contributed by atoms with Crippen molar-refractivity contribution in [3.8, 4) is 11.5 Å². The molecule has 1 N–H and O–H groups in total. The summed E-state index contributed by atoms with van der Waals surface area (Å²) in [6.45, 7) is 2.91. The molecule has 2 amide bonds. The van der Waals surface area contributed by atoms with Gasteiger partial charge in [-0.1, -0.05) is 11.6 Å². The number of ether oxygens (including phenoxy) is 2. The molecule has 0 bridgehead atoms. The zero-order valence-corrected chi connectivity index (χ0v) is 16.0. The van der Waals surface area contributed by atoms with Crippen molar-refractivity contribution >= 4 is 29.1 Å². The number of anilines is 1. The van der Waals surface area contributed by atoms with E-state index in [2.05, 4.69) is 5.32 Å². The minimum atomic E-state index is -0.319. The molecule has 1 atom stereocenters. The van der Waals surface area contributed by atoms with Crippen LogP contribution in [0.2, 0.25) is 5.02 Å². The van der Waals surface area contributed by atoms with Gasteiger partial charge >= 0.3 is 0 Å². The van der Waals surface area contributed by atoms with Crippen LogP contribution in [0.25, 0.3) is 0 Å². The Bertz CT molecular complexity index is 838. The number of carbonyl (C=O) groups excluding carboxylic acids is 2. The highest BCUT2D eigenvalue weighted by Gasteiger charge is 2.32. The molecule has 7 heteroatoms. The van der Waals surface area contributed by atoms with E-state index in [1.54, 1.807) is 23.1 Å². The van der Waals surface area contributed by atoms with Gasteiger partial charge in [0.2, 0.25) is 5.91 Å². The minimum absolute atomic E-state index is 0.0393. The summed E-state index contributed by atoms with van der Waals surface area (Å²) in [7, 11) is 1.49. The van der Waals surface area contributed by atoms with Crippen molar-refractivity contribution in [3.05, 3.63) is 53.1 Å². The van der Waals surface area contributed by atoms with Gasteiger partial charge in [-0.3, -0.25) is 9.59 Å². The van der Waals surface area contributed by atoms with Gasteiger partial charge in [0.15, 0.2) is 0 Å². The van der Waals surface area contributed by atoms with Crippen molar-refractivity contribution < 1.29 is 19.1 Å². The number of nitrogens with zero attached hydrogens (tertiary/aromatic N) is 1. The number of hydrogen-bond acceptors (Lipinski definition) is 4. The molecule has 1 fully saturated rings. The van der Waals surface area contributed by atoms with Crippen LogP contribution in [-0.2, 0) is 4.79 Å². The lowest BCUT2D eigenvalue weighted by molar-refractivity contribution is -0.117. The van der Waals surface area contributed by atoms with Gasteiger partial charge in [0.1, 0.15) is 11.5 Å². The number of halogens is 1. The lowest BCUT2D eigenvalue weighted by atomic mass is 10.1. The molecule has 1 aliphatic heterocycles. The van der Waals surface area contributed by atoms with Crippen molar-refractivity contribution in [2.75, 3.05) is 25.2 Å². The van der Waals surface area contributed by atoms with E-state index in [-0.39, 0.29) is 24.3 Å². The number of methoxy groups -OCH3 is 1. The van der Waals surface area contributed by atoms with Gasteiger partial charge in [0.25, 0.3) is 5.91 Å². The van der Waals surface area contributed by atoms with E-state index >= 15 is 0 Å². The summed E-state index contributed by atoms with van der Waals surface area (Å²) in [6, 6.07) is 11.9. The first-order chi connectivity index (χ1) is 13.0. The minimum Gasteiger partial charge on any atom is -0.496 e. The Balaban J connectivity index is 1.69. The zero-order chi connectivity index (χ0) is 19.4. The van der Waals surface area contributed by atoms with Gasteiger partial charge in [-0.05, 0) is 49.4 Å². The van der Waals surface area contributed by atoms with E-state index in [0.717, 1.165) is 11.4 Å². The summed E-state index contributed by atoms with van der Waals surface area (Å²) in [6.07, 6.45) is 0.238. The molecule has 142 valence electrons. The third-order valence-corrected chi connectivity index (χ3v) is 4.56. The van der Waals surface area contributed by atoms with Crippen LogP contribution in [0.15, 0.2) is 42.5 Å². The Morgan fingerprint density at radius 2 is 2.00 bits per heavy atom. The second-order valence-electron chi connectivity index (χ2n) is 6.15. The summed E-state index contributed by atoms with van der Waals surface area (Å²) < 4.78 is 10.6. The van der Waals surface area contributed by atoms with Crippen LogP contribution in [-0.4, -0.2) is 38.1 Å². The monoisotopic (exact) mass is 388 g/mol. The Morgan fingerprint density at radius 3 is 2.67 bits per heavy atom. The van der Waals surface area contributed by atoms with Crippen LogP contribution in [0.4, 0.5) is 5.69 Å². The SMILES string of the molecule is CCOc1ccc(N2C[C@@H](NC(=O)c3cc(Cl)ccc3OC)CC2=O)cc1. The first-order valence-corrected chi connectivity index (χ1v) is 9.07. The highest BCUT2D eigenvalue weighted by Crippen LogP contribution is 2.26. The summed E-state index contributed by atoms with van der Waals surface area (Å²) in [5, 5.41) is 3.34. The van der Waals surface area contributed by atoms with Crippen LogP contribution in [0.5, 0.6) is 11.5 Å². The topological polar surface area (TPSA) is 67.9 Å². The molecule has 1 heterocycles. The van der Waals surface area contributed by atoms with Gasteiger partial charge in [0, 0.05) is 23.7 Å². The molecular weight excluding hydrogens is 368 g/mol. The molecule has 0 spiro atoms. The van der Waals surface area contributed by atoms with Crippen molar-refractivity contribution in [2.45, 2.75) is 19.4 Å². The first kappa shape index (κ1) is 19.0. The quantitative estimate of drug-likeness (QED) is 0.824. The van der Waals surface area contributed by atoms with E-state index < -0.39 is 0 Å². The molecule has 27 heavy (non-hydrogen) atoms. The molecule has 0 aliphatic carbocycles. The normalized spacial score (nSPS) is 16.3. The molecule has 6 nitrogen and oxygen atoms in total. The molecular formula is C20H21ClN2O4. The maximum absolute atomic E-state index is 12.6. The predicted octanol–water partition coefficient (Wildman–Crippen LogP) is 3.28. The largest absolute Gasteiger partial charge is 0.496 e. The van der Waals surface area contributed by atoms with Gasteiger partial charge in [-0.2, -0.15) is 0 Å². The third-order valence-electron chi connectivity index (χ3n) is 4.33. The van der Waals surface area contributed by atoms with Crippen molar-refractivity contribution in [1.29, 1.82) is 0 Å². The van der Waals surface area contributed by atoms with Crippen LogP contribution >= 0.6 is 11.6 Å². The fourth-order valence-electron chi connectivity index (χ4n) is 3.06. The van der Waals surface area contributed by atoms with Gasteiger partial charge < -0.3 is 19.7 Å². The zero-order valence-electron chi connectivity index (χ0n) is 15.2. The molecule has 2 aromatic carbocycles. The van der Waals surface area contributed by atoms with Gasteiger partial charge in [0.05, 0.1) is 25.3 Å². The van der Waals surface area contributed by atoms with Crippen molar-refractivity contribution in [1.82, 2.24) is 5.32 Å². The second kappa shape index (κ2) is 8.31. The number of carbonyl (C=O) groups is 2. The molecule has 1 saturated heterocycles. The molecule has 3 rings (SSSR count). The third kappa shape index (κ3) is 4.34. The fraction of sp³-hybridized carbons (Fsp3) is 0.300. The Labute approximate surface area is 163 Å². The van der Waals surface area contributed by atoms with E-state index in [4.69, 9.17) is 21.1 Å². The summed E-state index contributed by atoms with van der Waals surface area (Å²) in [5.41, 5.74) is 1.12. The summed E-state index contributed by atoms with van der Waals surface area (Å²) in [5.74, 6) is 0.832. The molecule has 1 aliphatic rings. The summed E-state index contributed by atoms with van der Waals surface area (Å²) >= 11 is 5.99. The molecule has 0 aromatic heterocycles. The summed E-state index contributed by atoms with van der Waals surface area (Å²) in [4.78, 5) is 26.7. The maximum Gasteiger partial charge on any atom is 0.255 e. The lowest BCUT2D eigenvalue weighted by Gasteiger charge is -2.18. The standard InChI is InChI=1S/C20H21ClN2O4/c1-3-27-16-7-5-15(6-8-16)23-12-14(11-19(23)24)22-20(25)17-10-13(21)4-9-18(17)26-2/h4-10,14H,3,11-12H2,1-2H3,(H,22,25)/t14-/m0/s1. The van der Waals surface area contributed by atoms with Crippen molar-refractivity contribution in [3.63, 3.8) is 0 Å². The second-order valence-corrected chi connectivity index (χ2v) is 6.59. The lowest BCUT2D eigenvalue weighted by Crippen LogP contribution is -2.37. The molecule has 0 saturated carbocycles. The first-order valence-electron chi connectivity index (χ1n) is 8.69. The number of rotatable bonds is 6. The van der Waals surface area contributed by atoms with E-state index in [1.807, 2.05) is 31.2 Å². The predicted molar refractivity (Wildman–Crippen MR) is 104 cm³/mol. The van der Waals surface area contributed by atoms with E-state index in [0.29, 0.717) is 29.5 Å². The highest BCUT2D eigenvalue weighted by atomic mass is 35.5. The number of hydrogen-bond donors (Lipinski definition) is 1. The Morgan fingerprint density at radius 1 is 1.26 bits per heavy atom. The van der Waals surface area contributed by atoms with Gasteiger partial charge in [-0.25, -0.2) is 0 Å². The molecule has 0 radical (unpaired) electrons. The fourth-order valence-corrected chi connectivity index (χ4v) is 3.24. The average molecular weight is 389 g/mol.